The van der Waals surface area contributed by atoms with Gasteiger partial charge in [-0.15, -0.1) is 0 Å². The highest BCUT2D eigenvalue weighted by Crippen LogP contribution is 2.07. The first kappa shape index (κ1) is 16.2. The van der Waals surface area contributed by atoms with Gasteiger partial charge in [-0.3, -0.25) is 9.59 Å². The van der Waals surface area contributed by atoms with E-state index in [1.54, 1.807) is 17.9 Å². The lowest BCUT2D eigenvalue weighted by Gasteiger charge is -2.22. The van der Waals surface area contributed by atoms with Crippen LogP contribution in [0.5, 0.6) is 0 Å². The van der Waals surface area contributed by atoms with Crippen LogP contribution >= 0.6 is 0 Å². The number of likely N-dealkylation sites (N-methyl/N-ethyl adjacent to an activating group) is 1. The molecule has 2 amide bonds. The minimum Gasteiger partial charge on any atom is -0.360 e. The smallest absolute Gasteiger partial charge is 0.227 e. The van der Waals surface area contributed by atoms with Gasteiger partial charge in [0.1, 0.15) is 5.76 Å². The van der Waals surface area contributed by atoms with Gasteiger partial charge in [-0.1, -0.05) is 5.16 Å². The van der Waals surface area contributed by atoms with E-state index in [9.17, 15) is 9.59 Å². The Morgan fingerprint density at radius 1 is 1.30 bits per heavy atom. The summed E-state index contributed by atoms with van der Waals surface area (Å²) in [6.07, 6.45) is 0.235. The second-order valence-corrected chi connectivity index (χ2v) is 4.93. The highest BCUT2D eigenvalue weighted by Gasteiger charge is 2.12. The van der Waals surface area contributed by atoms with Gasteiger partial charge >= 0.3 is 0 Å². The van der Waals surface area contributed by atoms with Crippen molar-refractivity contribution in [1.82, 2.24) is 15.0 Å². The number of aromatic nitrogens is 1. The third-order valence-electron chi connectivity index (χ3n) is 2.77. The van der Waals surface area contributed by atoms with Crippen molar-refractivity contribution in [3.63, 3.8) is 0 Å². The van der Waals surface area contributed by atoms with Crippen LogP contribution in [0.15, 0.2) is 10.6 Å². The molecule has 0 aliphatic heterocycles. The predicted molar refractivity (Wildman–Crippen MR) is 75.3 cm³/mol. The van der Waals surface area contributed by atoms with Crippen LogP contribution < -0.4 is 5.32 Å². The number of anilines is 1. The normalized spacial score (nSPS) is 10.7. The molecular weight excluding hydrogens is 260 g/mol. The largest absolute Gasteiger partial charge is 0.360 e. The topological polar surface area (TPSA) is 78.7 Å². The highest BCUT2D eigenvalue weighted by atomic mass is 16.5. The summed E-state index contributed by atoms with van der Waals surface area (Å²) >= 11 is 0. The van der Waals surface area contributed by atoms with Crippen LogP contribution in [-0.2, 0) is 9.59 Å². The van der Waals surface area contributed by atoms with Gasteiger partial charge < -0.3 is 19.6 Å². The molecule has 7 nitrogen and oxygen atoms in total. The zero-order valence-electron chi connectivity index (χ0n) is 12.5. The first-order chi connectivity index (χ1) is 9.38. The molecular formula is C13H22N4O3. The molecule has 1 aromatic heterocycles. The summed E-state index contributed by atoms with van der Waals surface area (Å²) < 4.78 is 4.86. The summed E-state index contributed by atoms with van der Waals surface area (Å²) in [5.41, 5.74) is 0. The molecule has 1 N–H and O–H groups in total. The highest BCUT2D eigenvalue weighted by molar-refractivity contribution is 5.90. The fourth-order valence-electron chi connectivity index (χ4n) is 1.61. The molecule has 0 saturated carbocycles. The number of carbonyl (C=O) groups excluding carboxylic acids is 2. The Bertz CT molecular complexity index is 456. The average molecular weight is 282 g/mol. The van der Waals surface area contributed by atoms with Crippen LogP contribution in [0.4, 0.5) is 5.82 Å². The molecule has 0 radical (unpaired) electrons. The van der Waals surface area contributed by atoms with Crippen molar-refractivity contribution in [3.05, 3.63) is 11.8 Å². The molecule has 0 aliphatic rings. The van der Waals surface area contributed by atoms with E-state index in [1.165, 1.54) is 6.92 Å². The summed E-state index contributed by atoms with van der Waals surface area (Å²) in [7, 11) is 3.88. The molecule has 0 spiro atoms. The van der Waals surface area contributed by atoms with Gasteiger partial charge in [-0.25, -0.2) is 0 Å². The summed E-state index contributed by atoms with van der Waals surface area (Å²) in [5.74, 6) is 0.818. The molecule has 1 heterocycles. The summed E-state index contributed by atoms with van der Waals surface area (Å²) in [5, 5.41) is 6.31. The predicted octanol–water partition coefficient (Wildman–Crippen LogP) is 0.722. The standard InChI is InChI=1S/C13H22N4O3/c1-10-9-12(15-20-10)14-13(19)5-6-17(11(2)18)8-7-16(3)4/h9H,5-8H2,1-4H3,(H,14,15,19). The van der Waals surface area contributed by atoms with E-state index in [2.05, 4.69) is 10.5 Å². The second-order valence-electron chi connectivity index (χ2n) is 4.93. The number of hydrogen-bond donors (Lipinski definition) is 1. The molecule has 0 saturated heterocycles. The van der Waals surface area contributed by atoms with Crippen LogP contribution in [0, 0.1) is 6.92 Å². The Morgan fingerprint density at radius 2 is 2.00 bits per heavy atom. The summed E-state index contributed by atoms with van der Waals surface area (Å²) in [6, 6.07) is 1.65. The summed E-state index contributed by atoms with van der Waals surface area (Å²) in [6.45, 7) is 5.03. The van der Waals surface area contributed by atoms with Gasteiger partial charge in [0, 0.05) is 39.0 Å². The van der Waals surface area contributed by atoms with Gasteiger partial charge in [0.2, 0.25) is 11.8 Å². The number of nitrogens with zero attached hydrogens (tertiary/aromatic N) is 3. The molecule has 0 bridgehead atoms. The van der Waals surface area contributed by atoms with Crippen molar-refractivity contribution < 1.29 is 14.1 Å². The number of carbonyl (C=O) groups is 2. The van der Waals surface area contributed by atoms with E-state index in [0.29, 0.717) is 24.7 Å². The van der Waals surface area contributed by atoms with Crippen LogP contribution in [0.3, 0.4) is 0 Å². The first-order valence-electron chi connectivity index (χ1n) is 6.52. The van der Waals surface area contributed by atoms with Crippen molar-refractivity contribution in [2.24, 2.45) is 0 Å². The Morgan fingerprint density at radius 3 is 2.50 bits per heavy atom. The van der Waals surface area contributed by atoms with Gasteiger partial charge in [0.25, 0.3) is 0 Å². The molecule has 0 fully saturated rings. The van der Waals surface area contributed by atoms with Crippen LogP contribution in [0.1, 0.15) is 19.1 Å². The van der Waals surface area contributed by atoms with E-state index in [1.807, 2.05) is 19.0 Å². The molecule has 112 valence electrons. The van der Waals surface area contributed by atoms with Crippen molar-refractivity contribution in [2.75, 3.05) is 39.0 Å². The molecule has 20 heavy (non-hydrogen) atoms. The summed E-state index contributed by atoms with van der Waals surface area (Å²) in [4.78, 5) is 26.9. The lowest BCUT2D eigenvalue weighted by atomic mass is 10.3. The number of amides is 2. The van der Waals surface area contributed by atoms with Gasteiger partial charge in [-0.2, -0.15) is 0 Å². The third-order valence-corrected chi connectivity index (χ3v) is 2.77. The molecule has 0 unspecified atom stereocenters. The molecule has 7 heteroatoms. The maximum absolute atomic E-state index is 11.7. The second kappa shape index (κ2) is 7.64. The molecule has 0 atom stereocenters. The average Bonchev–Trinajstić information content (AvgIpc) is 2.73. The zero-order chi connectivity index (χ0) is 15.1. The van der Waals surface area contributed by atoms with Gasteiger partial charge in [0.05, 0.1) is 0 Å². The fraction of sp³-hybridized carbons (Fsp3) is 0.615. The monoisotopic (exact) mass is 282 g/mol. The van der Waals surface area contributed by atoms with E-state index in [0.717, 1.165) is 6.54 Å². The van der Waals surface area contributed by atoms with Crippen molar-refractivity contribution in [2.45, 2.75) is 20.3 Å². The van der Waals surface area contributed by atoms with Crippen LogP contribution in [-0.4, -0.2) is 60.5 Å². The third kappa shape index (κ3) is 5.83. The lowest BCUT2D eigenvalue weighted by Crippen LogP contribution is -2.37. The molecule has 1 aromatic rings. The fourth-order valence-corrected chi connectivity index (χ4v) is 1.61. The van der Waals surface area contributed by atoms with Crippen LogP contribution in [0.25, 0.3) is 0 Å². The van der Waals surface area contributed by atoms with Gasteiger partial charge in [0.15, 0.2) is 5.82 Å². The minimum absolute atomic E-state index is 0.0306. The Kier molecular flexibility index (Phi) is 6.17. The number of rotatable bonds is 7. The molecule has 0 aromatic carbocycles. The lowest BCUT2D eigenvalue weighted by molar-refractivity contribution is -0.129. The van der Waals surface area contributed by atoms with E-state index >= 15 is 0 Å². The first-order valence-corrected chi connectivity index (χ1v) is 6.52. The molecule has 0 aliphatic carbocycles. The van der Waals surface area contributed by atoms with E-state index < -0.39 is 0 Å². The number of nitrogens with one attached hydrogen (secondary N) is 1. The minimum atomic E-state index is -0.186. The molecule has 1 rings (SSSR count). The maximum atomic E-state index is 11.7. The maximum Gasteiger partial charge on any atom is 0.227 e. The Labute approximate surface area is 118 Å². The van der Waals surface area contributed by atoms with Crippen LogP contribution in [0.2, 0.25) is 0 Å². The van der Waals surface area contributed by atoms with E-state index in [-0.39, 0.29) is 18.2 Å². The Hall–Kier alpha value is -1.89. The number of hydrogen-bond acceptors (Lipinski definition) is 5. The number of aryl methyl sites for hydroxylation is 1. The zero-order valence-corrected chi connectivity index (χ0v) is 12.5. The van der Waals surface area contributed by atoms with Crippen molar-refractivity contribution >= 4 is 17.6 Å². The van der Waals surface area contributed by atoms with Gasteiger partial charge in [-0.05, 0) is 21.0 Å². The van der Waals surface area contributed by atoms with Crippen molar-refractivity contribution in [3.8, 4) is 0 Å². The Balaban J connectivity index is 2.38. The van der Waals surface area contributed by atoms with E-state index in [4.69, 9.17) is 4.52 Å². The van der Waals surface area contributed by atoms with Crippen molar-refractivity contribution in [1.29, 1.82) is 0 Å². The SMILES string of the molecule is CC(=O)N(CCC(=O)Nc1cc(C)on1)CCN(C)C. The quantitative estimate of drug-likeness (QED) is 0.797.